The molecule has 1 aromatic heterocycles. The molecule has 1 aliphatic heterocycles. The molecule has 0 bridgehead atoms. The maximum Gasteiger partial charge on any atom is 0.273 e. The molecule has 2 aromatic rings. The molecule has 9 nitrogen and oxygen atoms in total. The van der Waals surface area contributed by atoms with Crippen molar-refractivity contribution in [1.82, 2.24) is 14.3 Å². The Hall–Kier alpha value is -2.85. The van der Waals surface area contributed by atoms with Crippen molar-refractivity contribution in [3.8, 4) is 0 Å². The molecule has 0 unspecified atom stereocenters. The summed E-state index contributed by atoms with van der Waals surface area (Å²) in [6, 6.07) is 8.66. The van der Waals surface area contributed by atoms with Crippen LogP contribution in [0.5, 0.6) is 0 Å². The fraction of sp³-hybridized carbons (Fsp3) is 0.294. The van der Waals surface area contributed by atoms with Crippen LogP contribution in [0.2, 0.25) is 0 Å². The van der Waals surface area contributed by atoms with E-state index in [1.807, 2.05) is 6.07 Å². The van der Waals surface area contributed by atoms with Crippen molar-refractivity contribution in [2.24, 2.45) is 0 Å². The van der Waals surface area contributed by atoms with Crippen molar-refractivity contribution in [2.45, 2.75) is 18.9 Å². The molecule has 3 rings (SSSR count). The van der Waals surface area contributed by atoms with Crippen molar-refractivity contribution in [2.75, 3.05) is 24.1 Å². The minimum atomic E-state index is -3.83. The van der Waals surface area contributed by atoms with Crippen LogP contribution in [-0.2, 0) is 14.8 Å². The molecule has 1 aliphatic rings. The summed E-state index contributed by atoms with van der Waals surface area (Å²) >= 11 is 0. The van der Waals surface area contributed by atoms with Gasteiger partial charge in [0.1, 0.15) is 5.82 Å². The Bertz CT molecular complexity index is 941. The first-order valence-corrected chi connectivity index (χ1v) is 9.85. The lowest BCUT2D eigenvalue weighted by molar-refractivity contribution is 0.103. The van der Waals surface area contributed by atoms with Gasteiger partial charge in [-0.3, -0.25) is 9.59 Å². The van der Waals surface area contributed by atoms with Crippen LogP contribution in [0, 0.1) is 0 Å². The molecule has 3 N–H and O–H groups in total. The lowest BCUT2D eigenvalue weighted by Gasteiger charge is -2.30. The van der Waals surface area contributed by atoms with Gasteiger partial charge >= 0.3 is 0 Å². The van der Waals surface area contributed by atoms with Crippen molar-refractivity contribution in [3.63, 3.8) is 0 Å². The van der Waals surface area contributed by atoms with Crippen LogP contribution in [0.15, 0.2) is 36.5 Å². The third kappa shape index (κ3) is 4.29. The van der Waals surface area contributed by atoms with Crippen LogP contribution in [0.4, 0.5) is 11.8 Å². The minimum Gasteiger partial charge on any atom is -0.383 e. The number of nitrogens with one attached hydrogen (secondary N) is 1. The number of piperidine rings is 1. The van der Waals surface area contributed by atoms with E-state index < -0.39 is 10.0 Å². The second-order valence-electron chi connectivity index (χ2n) is 6.15. The Morgan fingerprint density at radius 1 is 1.22 bits per heavy atom. The van der Waals surface area contributed by atoms with Gasteiger partial charge in [0.25, 0.3) is 10.0 Å². The van der Waals surface area contributed by atoms with Crippen LogP contribution >= 0.6 is 0 Å². The van der Waals surface area contributed by atoms with E-state index in [2.05, 4.69) is 15.3 Å². The summed E-state index contributed by atoms with van der Waals surface area (Å²) in [5, 5.41) is 3.09. The summed E-state index contributed by atoms with van der Waals surface area (Å²) in [6.07, 6.45) is 2.38. The topological polar surface area (TPSA) is 135 Å². The number of rotatable bonds is 6. The van der Waals surface area contributed by atoms with Crippen molar-refractivity contribution in [3.05, 3.63) is 47.7 Å². The quantitative estimate of drug-likeness (QED) is 0.544. The SMILES string of the molecule is Nc1nc(NC2CCN(S(=O)(=O)C=O)CC2)ncc1C(=O)c1ccccc1. The zero-order valence-electron chi connectivity index (χ0n) is 14.4. The van der Waals surface area contributed by atoms with Gasteiger partial charge in [0.15, 0.2) is 5.78 Å². The largest absolute Gasteiger partial charge is 0.383 e. The number of anilines is 2. The van der Waals surface area contributed by atoms with Gasteiger partial charge in [-0.05, 0) is 12.8 Å². The van der Waals surface area contributed by atoms with Gasteiger partial charge in [0.2, 0.25) is 11.6 Å². The van der Waals surface area contributed by atoms with E-state index in [0.717, 1.165) is 4.31 Å². The standard InChI is InChI=1S/C17H19N5O4S/c18-16-14(15(24)12-4-2-1-3-5-12)10-19-17(21-16)20-13-6-8-22(9-7-13)27(25,26)11-23/h1-5,10-11,13H,6-9H2,(H3,18,19,20,21). The number of sulfonamides is 1. The molecule has 10 heteroatoms. The molecule has 0 radical (unpaired) electrons. The summed E-state index contributed by atoms with van der Waals surface area (Å²) in [5.74, 6) is 0.0863. The van der Waals surface area contributed by atoms with Gasteiger partial charge in [0.05, 0.1) is 5.56 Å². The molecule has 2 heterocycles. The van der Waals surface area contributed by atoms with Crippen LogP contribution < -0.4 is 11.1 Å². The molecule has 0 atom stereocenters. The van der Waals surface area contributed by atoms with E-state index in [-0.39, 0.29) is 47.9 Å². The number of carbonyl (C=O) groups excluding carboxylic acids is 2. The first-order chi connectivity index (χ1) is 12.9. The van der Waals surface area contributed by atoms with E-state index in [1.165, 1.54) is 6.20 Å². The van der Waals surface area contributed by atoms with Crippen LogP contribution in [0.25, 0.3) is 0 Å². The van der Waals surface area contributed by atoms with E-state index in [4.69, 9.17) is 5.73 Å². The maximum atomic E-state index is 12.5. The van der Waals surface area contributed by atoms with Gasteiger partial charge in [-0.1, -0.05) is 30.3 Å². The van der Waals surface area contributed by atoms with E-state index in [1.54, 1.807) is 24.3 Å². The Balaban J connectivity index is 1.65. The van der Waals surface area contributed by atoms with Crippen LogP contribution in [0.1, 0.15) is 28.8 Å². The lowest BCUT2D eigenvalue weighted by atomic mass is 10.1. The van der Waals surface area contributed by atoms with E-state index >= 15 is 0 Å². The summed E-state index contributed by atoms with van der Waals surface area (Å²) in [7, 11) is -3.83. The van der Waals surface area contributed by atoms with Gasteiger partial charge in [-0.15, -0.1) is 0 Å². The average Bonchev–Trinajstić information content (AvgIpc) is 2.69. The monoisotopic (exact) mass is 389 g/mol. The maximum absolute atomic E-state index is 12.5. The van der Waals surface area contributed by atoms with Gasteiger partial charge < -0.3 is 11.1 Å². The molecule has 0 aliphatic carbocycles. The second kappa shape index (κ2) is 7.80. The highest BCUT2D eigenvalue weighted by Crippen LogP contribution is 2.19. The number of aromatic nitrogens is 2. The van der Waals surface area contributed by atoms with Crippen molar-refractivity contribution in [1.29, 1.82) is 0 Å². The fourth-order valence-electron chi connectivity index (χ4n) is 2.88. The number of hydrogen-bond donors (Lipinski definition) is 2. The number of carbonyl (C=O) groups is 2. The summed E-state index contributed by atoms with van der Waals surface area (Å²) in [5.41, 5.74) is 6.61. The first kappa shape index (κ1) is 18.9. The smallest absolute Gasteiger partial charge is 0.273 e. The molecule has 0 saturated carbocycles. The number of ketones is 1. The molecule has 1 saturated heterocycles. The Kier molecular flexibility index (Phi) is 5.47. The highest BCUT2D eigenvalue weighted by atomic mass is 32.2. The Labute approximate surface area is 156 Å². The molecule has 1 aromatic carbocycles. The zero-order chi connectivity index (χ0) is 19.4. The second-order valence-corrected chi connectivity index (χ2v) is 7.89. The summed E-state index contributed by atoms with van der Waals surface area (Å²) in [6.45, 7) is 0.470. The molecule has 0 spiro atoms. The van der Waals surface area contributed by atoms with E-state index in [9.17, 15) is 18.0 Å². The minimum absolute atomic E-state index is 0.0347. The van der Waals surface area contributed by atoms with Crippen LogP contribution in [0.3, 0.4) is 0 Å². The number of hydrogen-bond acceptors (Lipinski definition) is 8. The molecule has 1 fully saturated rings. The molecule has 142 valence electrons. The third-order valence-corrected chi connectivity index (χ3v) is 5.70. The Morgan fingerprint density at radius 3 is 2.48 bits per heavy atom. The molecular formula is C17H19N5O4S. The third-order valence-electron chi connectivity index (χ3n) is 4.37. The van der Waals surface area contributed by atoms with Gasteiger partial charge in [-0.25, -0.2) is 13.4 Å². The van der Waals surface area contributed by atoms with Crippen molar-refractivity contribution >= 4 is 33.2 Å². The number of nitrogen functional groups attached to an aromatic ring is 1. The lowest BCUT2D eigenvalue weighted by Crippen LogP contribution is -2.42. The summed E-state index contributed by atoms with van der Waals surface area (Å²) < 4.78 is 24.2. The average molecular weight is 389 g/mol. The summed E-state index contributed by atoms with van der Waals surface area (Å²) in [4.78, 5) is 31.4. The molecule has 27 heavy (non-hydrogen) atoms. The number of benzene rings is 1. The van der Waals surface area contributed by atoms with Gasteiger partial charge in [0, 0.05) is 30.9 Å². The van der Waals surface area contributed by atoms with Crippen molar-refractivity contribution < 1.29 is 18.0 Å². The number of nitrogens with two attached hydrogens (primary N) is 1. The van der Waals surface area contributed by atoms with E-state index in [0.29, 0.717) is 18.4 Å². The zero-order valence-corrected chi connectivity index (χ0v) is 15.2. The highest BCUT2D eigenvalue weighted by Gasteiger charge is 2.28. The number of nitrogens with zero attached hydrogens (tertiary/aromatic N) is 3. The Morgan fingerprint density at radius 2 is 1.89 bits per heavy atom. The first-order valence-electron chi connectivity index (χ1n) is 8.35. The highest BCUT2D eigenvalue weighted by molar-refractivity contribution is 8.02. The van der Waals surface area contributed by atoms with Crippen LogP contribution in [-0.4, -0.2) is 53.2 Å². The predicted molar refractivity (Wildman–Crippen MR) is 100 cm³/mol. The normalized spacial score (nSPS) is 16.0. The molecule has 0 amide bonds. The molecular weight excluding hydrogens is 370 g/mol. The van der Waals surface area contributed by atoms with Gasteiger partial charge in [-0.2, -0.15) is 9.29 Å². The fourth-order valence-corrected chi connectivity index (χ4v) is 3.72. The predicted octanol–water partition coefficient (Wildman–Crippen LogP) is 0.686.